The highest BCUT2D eigenvalue weighted by Crippen LogP contribution is 2.33. The molecule has 3 rings (SSSR count). The molecule has 0 saturated carbocycles. The zero-order chi connectivity index (χ0) is 13.2. The lowest BCUT2D eigenvalue weighted by atomic mass is 10.2. The van der Waals surface area contributed by atoms with E-state index in [0.29, 0.717) is 5.02 Å². The van der Waals surface area contributed by atoms with Crippen molar-refractivity contribution in [3.8, 4) is 0 Å². The number of nitrogens with one attached hydrogen (secondary N) is 1. The second kappa shape index (κ2) is 5.25. The van der Waals surface area contributed by atoms with Gasteiger partial charge in [0.1, 0.15) is 0 Å². The lowest BCUT2D eigenvalue weighted by Crippen LogP contribution is -1.89. The summed E-state index contributed by atoms with van der Waals surface area (Å²) in [5.74, 6) is 0. The predicted octanol–water partition coefficient (Wildman–Crippen LogP) is 3.86. The lowest BCUT2D eigenvalue weighted by molar-refractivity contribution is 0.279. The number of H-pyrrole nitrogens is 1. The van der Waals surface area contributed by atoms with E-state index in [0.717, 1.165) is 26.6 Å². The molecule has 0 fully saturated rings. The van der Waals surface area contributed by atoms with Crippen molar-refractivity contribution in [3.05, 3.63) is 53.1 Å². The molecule has 3 nitrogen and oxygen atoms in total. The van der Waals surface area contributed by atoms with Gasteiger partial charge in [0.15, 0.2) is 5.16 Å². The molecule has 0 spiro atoms. The first-order valence-corrected chi connectivity index (χ1v) is 6.98. The summed E-state index contributed by atoms with van der Waals surface area (Å²) in [5.41, 5.74) is 2.66. The van der Waals surface area contributed by atoms with E-state index < -0.39 is 0 Å². The van der Waals surface area contributed by atoms with Gasteiger partial charge in [0.2, 0.25) is 0 Å². The molecule has 5 heteroatoms. The first-order chi connectivity index (χ1) is 9.28. The number of aromatic amines is 1. The van der Waals surface area contributed by atoms with Gasteiger partial charge in [-0.1, -0.05) is 41.6 Å². The molecule has 2 aromatic carbocycles. The van der Waals surface area contributed by atoms with E-state index in [1.54, 1.807) is 6.07 Å². The molecule has 0 bridgehead atoms. The second-order valence-electron chi connectivity index (χ2n) is 4.04. The van der Waals surface area contributed by atoms with Crippen LogP contribution in [0.2, 0.25) is 5.02 Å². The molecule has 1 heterocycles. The molecular formula is C14H11ClN2OS. The predicted molar refractivity (Wildman–Crippen MR) is 77.6 cm³/mol. The monoisotopic (exact) mass is 290 g/mol. The summed E-state index contributed by atoms with van der Waals surface area (Å²) in [6, 6.07) is 13.4. The smallest absolute Gasteiger partial charge is 0.171 e. The Bertz CT molecular complexity index is 693. The van der Waals surface area contributed by atoms with E-state index in [2.05, 4.69) is 9.97 Å². The van der Waals surface area contributed by atoms with Crippen LogP contribution in [-0.4, -0.2) is 15.1 Å². The molecule has 0 amide bonds. The summed E-state index contributed by atoms with van der Waals surface area (Å²) in [5, 5.41) is 10.8. The van der Waals surface area contributed by atoms with Crippen molar-refractivity contribution < 1.29 is 5.11 Å². The highest BCUT2D eigenvalue weighted by molar-refractivity contribution is 7.99. The normalized spacial score (nSPS) is 11.1. The highest BCUT2D eigenvalue weighted by atomic mass is 35.5. The Kier molecular flexibility index (Phi) is 3.46. The van der Waals surface area contributed by atoms with Gasteiger partial charge >= 0.3 is 0 Å². The fourth-order valence-electron chi connectivity index (χ4n) is 1.87. The quantitative estimate of drug-likeness (QED) is 0.770. The number of halogens is 1. The number of aromatic nitrogens is 2. The van der Waals surface area contributed by atoms with Gasteiger partial charge in [0.25, 0.3) is 0 Å². The zero-order valence-electron chi connectivity index (χ0n) is 9.93. The van der Waals surface area contributed by atoms with Crippen LogP contribution >= 0.6 is 23.4 Å². The molecule has 19 heavy (non-hydrogen) atoms. The molecule has 0 radical (unpaired) electrons. The highest BCUT2D eigenvalue weighted by Gasteiger charge is 2.10. The van der Waals surface area contributed by atoms with Gasteiger partial charge in [-0.25, -0.2) is 4.98 Å². The third-order valence-electron chi connectivity index (χ3n) is 2.81. The van der Waals surface area contributed by atoms with Gasteiger partial charge < -0.3 is 10.1 Å². The Labute approximate surface area is 119 Å². The van der Waals surface area contributed by atoms with Gasteiger partial charge in [-0.15, -0.1) is 0 Å². The fraction of sp³-hybridized carbons (Fsp3) is 0.0714. The van der Waals surface area contributed by atoms with E-state index in [1.165, 1.54) is 11.8 Å². The Morgan fingerprint density at radius 3 is 2.79 bits per heavy atom. The molecular weight excluding hydrogens is 280 g/mol. The molecule has 0 unspecified atom stereocenters. The fourth-order valence-corrected chi connectivity index (χ4v) is 3.12. The van der Waals surface area contributed by atoms with Crippen LogP contribution in [0.15, 0.2) is 52.5 Å². The Hall–Kier alpha value is -1.49. The summed E-state index contributed by atoms with van der Waals surface area (Å²) in [7, 11) is 0. The van der Waals surface area contributed by atoms with Crippen molar-refractivity contribution >= 4 is 34.4 Å². The molecule has 96 valence electrons. The standard InChI is InChI=1S/C14H11ClN2OS/c15-10-4-3-7-13(9(10)8-18)19-14-16-11-5-1-2-6-12(11)17-14/h1-7,18H,8H2,(H,16,17). The number of hydrogen-bond acceptors (Lipinski definition) is 3. The number of benzene rings is 2. The summed E-state index contributed by atoms with van der Waals surface area (Å²) < 4.78 is 0. The summed E-state index contributed by atoms with van der Waals surface area (Å²) in [6.07, 6.45) is 0. The molecule has 0 atom stereocenters. The maximum atomic E-state index is 9.39. The van der Waals surface area contributed by atoms with Crippen LogP contribution in [0.5, 0.6) is 0 Å². The largest absolute Gasteiger partial charge is 0.392 e. The molecule has 0 saturated heterocycles. The van der Waals surface area contributed by atoms with E-state index in [-0.39, 0.29) is 6.61 Å². The van der Waals surface area contributed by atoms with Crippen LogP contribution in [0.25, 0.3) is 11.0 Å². The number of nitrogens with zero attached hydrogens (tertiary/aromatic N) is 1. The minimum absolute atomic E-state index is 0.0811. The lowest BCUT2D eigenvalue weighted by Gasteiger charge is -2.06. The molecule has 3 aromatic rings. The molecule has 2 N–H and O–H groups in total. The molecule has 0 aliphatic heterocycles. The molecule has 1 aromatic heterocycles. The maximum absolute atomic E-state index is 9.39. The topological polar surface area (TPSA) is 48.9 Å². The van der Waals surface area contributed by atoms with Crippen molar-refractivity contribution in [2.45, 2.75) is 16.7 Å². The number of fused-ring (bicyclic) bond motifs is 1. The maximum Gasteiger partial charge on any atom is 0.171 e. The van der Waals surface area contributed by atoms with E-state index in [4.69, 9.17) is 11.6 Å². The minimum atomic E-state index is -0.0811. The average Bonchev–Trinajstić information content (AvgIpc) is 2.81. The number of rotatable bonds is 3. The first-order valence-electron chi connectivity index (χ1n) is 5.79. The summed E-state index contributed by atoms with van der Waals surface area (Å²) in [4.78, 5) is 8.65. The summed E-state index contributed by atoms with van der Waals surface area (Å²) in [6.45, 7) is -0.0811. The van der Waals surface area contributed by atoms with Crippen molar-refractivity contribution in [1.29, 1.82) is 0 Å². The Balaban J connectivity index is 1.99. The second-order valence-corrected chi connectivity index (χ2v) is 5.47. The SMILES string of the molecule is OCc1c(Cl)cccc1Sc1nc2ccccc2[nH]1. The van der Waals surface area contributed by atoms with Crippen LogP contribution in [0.3, 0.4) is 0 Å². The van der Waals surface area contributed by atoms with E-state index in [1.807, 2.05) is 36.4 Å². The van der Waals surface area contributed by atoms with Gasteiger partial charge in [-0.05, 0) is 24.3 Å². The third kappa shape index (κ3) is 2.47. The van der Waals surface area contributed by atoms with Crippen LogP contribution in [-0.2, 0) is 6.61 Å². The number of aliphatic hydroxyl groups is 1. The van der Waals surface area contributed by atoms with Crippen molar-refractivity contribution in [2.24, 2.45) is 0 Å². The number of imidazole rings is 1. The van der Waals surface area contributed by atoms with Gasteiger partial charge in [-0.2, -0.15) is 0 Å². The molecule has 0 aliphatic carbocycles. The van der Waals surface area contributed by atoms with Crippen molar-refractivity contribution in [1.82, 2.24) is 9.97 Å². The molecule has 0 aliphatic rings. The zero-order valence-corrected chi connectivity index (χ0v) is 11.5. The van der Waals surface area contributed by atoms with Crippen LogP contribution in [0.4, 0.5) is 0 Å². The number of para-hydroxylation sites is 2. The Morgan fingerprint density at radius 2 is 2.00 bits per heavy atom. The first kappa shape index (κ1) is 12.5. The van der Waals surface area contributed by atoms with E-state index in [9.17, 15) is 5.11 Å². The summed E-state index contributed by atoms with van der Waals surface area (Å²) >= 11 is 7.54. The number of aliphatic hydroxyl groups excluding tert-OH is 1. The van der Waals surface area contributed by atoms with Gasteiger partial charge in [0.05, 0.1) is 17.6 Å². The van der Waals surface area contributed by atoms with Crippen molar-refractivity contribution in [2.75, 3.05) is 0 Å². The van der Waals surface area contributed by atoms with Crippen molar-refractivity contribution in [3.63, 3.8) is 0 Å². The van der Waals surface area contributed by atoms with E-state index >= 15 is 0 Å². The van der Waals surface area contributed by atoms with Gasteiger partial charge in [0, 0.05) is 15.5 Å². The average molecular weight is 291 g/mol. The Morgan fingerprint density at radius 1 is 1.16 bits per heavy atom. The van der Waals surface area contributed by atoms with Crippen LogP contribution in [0, 0.1) is 0 Å². The number of hydrogen-bond donors (Lipinski definition) is 2. The third-order valence-corrected chi connectivity index (χ3v) is 4.15. The van der Waals surface area contributed by atoms with Crippen LogP contribution in [0.1, 0.15) is 5.56 Å². The van der Waals surface area contributed by atoms with Gasteiger partial charge in [-0.3, -0.25) is 0 Å². The minimum Gasteiger partial charge on any atom is -0.392 e. The van der Waals surface area contributed by atoms with Crippen LogP contribution < -0.4 is 0 Å².